The van der Waals surface area contributed by atoms with E-state index in [0.717, 1.165) is 0 Å². The highest BCUT2D eigenvalue weighted by molar-refractivity contribution is 5.58. The summed E-state index contributed by atoms with van der Waals surface area (Å²) in [5.74, 6) is -0.571. The van der Waals surface area contributed by atoms with E-state index in [2.05, 4.69) is 15.1 Å². The summed E-state index contributed by atoms with van der Waals surface area (Å²) in [6, 6.07) is 0. The lowest BCUT2D eigenvalue weighted by atomic mass is 10.3. The second-order valence-corrected chi connectivity index (χ2v) is 2.76. The van der Waals surface area contributed by atoms with E-state index in [1.807, 2.05) is 0 Å². The molecule has 0 aromatic carbocycles. The number of aromatic nitrogens is 4. The molecule has 0 unspecified atom stereocenters. The van der Waals surface area contributed by atoms with Crippen LogP contribution in [0, 0.1) is 5.82 Å². The smallest absolute Gasteiger partial charge is 0.194 e. The van der Waals surface area contributed by atoms with Gasteiger partial charge in [-0.15, -0.1) is 0 Å². The van der Waals surface area contributed by atoms with Gasteiger partial charge in [0.2, 0.25) is 0 Å². The van der Waals surface area contributed by atoms with Gasteiger partial charge in [-0.2, -0.15) is 5.10 Å². The maximum atomic E-state index is 13.4. The second-order valence-electron chi connectivity index (χ2n) is 2.76. The minimum atomic E-state index is -0.562. The standard InChI is InChI=1S/C8H8FN5/c1-14-8(10)6(9)7(13-14)5-4-11-2-3-12-5/h2-4H,10H2,1H3. The van der Waals surface area contributed by atoms with Gasteiger partial charge in [-0.05, 0) is 0 Å². The Morgan fingerprint density at radius 1 is 1.43 bits per heavy atom. The quantitative estimate of drug-likeness (QED) is 0.719. The van der Waals surface area contributed by atoms with Gasteiger partial charge in [-0.25, -0.2) is 9.07 Å². The first kappa shape index (κ1) is 8.61. The summed E-state index contributed by atoms with van der Waals surface area (Å²) in [4.78, 5) is 7.75. The van der Waals surface area contributed by atoms with E-state index in [0.29, 0.717) is 5.69 Å². The molecule has 0 saturated carbocycles. The van der Waals surface area contributed by atoms with Crippen LogP contribution < -0.4 is 5.73 Å². The average Bonchev–Trinajstić information content (AvgIpc) is 2.47. The van der Waals surface area contributed by atoms with Crippen LogP contribution in [0.5, 0.6) is 0 Å². The zero-order valence-electron chi connectivity index (χ0n) is 7.48. The number of aryl methyl sites for hydroxylation is 1. The van der Waals surface area contributed by atoms with Crippen molar-refractivity contribution in [1.29, 1.82) is 0 Å². The molecule has 2 heterocycles. The number of hydrogen-bond donors (Lipinski definition) is 1. The summed E-state index contributed by atoms with van der Waals surface area (Å²) in [6.45, 7) is 0. The molecule has 0 aliphatic heterocycles. The van der Waals surface area contributed by atoms with E-state index in [4.69, 9.17) is 5.73 Å². The maximum Gasteiger partial charge on any atom is 0.194 e. The number of rotatable bonds is 1. The molecule has 72 valence electrons. The van der Waals surface area contributed by atoms with Crippen LogP contribution in [-0.4, -0.2) is 19.7 Å². The Balaban J connectivity index is 2.58. The van der Waals surface area contributed by atoms with Crippen LogP contribution in [0.1, 0.15) is 0 Å². The topological polar surface area (TPSA) is 69.6 Å². The van der Waals surface area contributed by atoms with Gasteiger partial charge in [0.25, 0.3) is 0 Å². The minimum absolute atomic E-state index is 0.00865. The molecule has 0 spiro atoms. The van der Waals surface area contributed by atoms with Gasteiger partial charge in [0.15, 0.2) is 17.3 Å². The Labute approximate surface area is 79.4 Å². The lowest BCUT2D eigenvalue weighted by Gasteiger charge is -1.92. The molecule has 0 radical (unpaired) electrons. The Morgan fingerprint density at radius 2 is 2.21 bits per heavy atom. The fourth-order valence-electron chi connectivity index (χ4n) is 1.10. The first-order chi connectivity index (χ1) is 6.70. The summed E-state index contributed by atoms with van der Waals surface area (Å²) in [6.07, 6.45) is 4.41. The molecule has 5 nitrogen and oxygen atoms in total. The van der Waals surface area contributed by atoms with Crippen LogP contribution in [0.3, 0.4) is 0 Å². The van der Waals surface area contributed by atoms with Crippen molar-refractivity contribution in [2.75, 3.05) is 5.73 Å². The lowest BCUT2D eigenvalue weighted by molar-refractivity contribution is 0.633. The van der Waals surface area contributed by atoms with Crippen molar-refractivity contribution in [1.82, 2.24) is 19.7 Å². The van der Waals surface area contributed by atoms with Crippen molar-refractivity contribution in [3.8, 4) is 11.4 Å². The zero-order chi connectivity index (χ0) is 10.1. The van der Waals surface area contributed by atoms with E-state index in [9.17, 15) is 4.39 Å². The van der Waals surface area contributed by atoms with Crippen molar-refractivity contribution in [2.24, 2.45) is 7.05 Å². The molecule has 2 N–H and O–H groups in total. The summed E-state index contributed by atoms with van der Waals surface area (Å²) < 4.78 is 14.7. The first-order valence-electron chi connectivity index (χ1n) is 3.94. The normalized spacial score (nSPS) is 10.4. The van der Waals surface area contributed by atoms with Crippen molar-refractivity contribution in [3.05, 3.63) is 24.4 Å². The first-order valence-corrected chi connectivity index (χ1v) is 3.94. The van der Waals surface area contributed by atoms with Crippen molar-refractivity contribution < 1.29 is 4.39 Å². The number of halogens is 1. The summed E-state index contributed by atoms with van der Waals surface area (Å²) in [5, 5.41) is 3.89. The van der Waals surface area contributed by atoms with E-state index in [1.165, 1.54) is 23.3 Å². The molecule has 0 saturated heterocycles. The number of nitrogen functional groups attached to an aromatic ring is 1. The van der Waals surface area contributed by atoms with E-state index in [1.54, 1.807) is 7.05 Å². The molecule has 0 amide bonds. The van der Waals surface area contributed by atoms with Crippen LogP contribution in [0.2, 0.25) is 0 Å². The van der Waals surface area contributed by atoms with E-state index < -0.39 is 5.82 Å². The number of anilines is 1. The third-order valence-corrected chi connectivity index (χ3v) is 1.84. The highest BCUT2D eigenvalue weighted by Gasteiger charge is 2.15. The molecule has 0 aliphatic rings. The van der Waals surface area contributed by atoms with Gasteiger partial charge >= 0.3 is 0 Å². The molecule has 2 aromatic heterocycles. The Hall–Kier alpha value is -1.98. The van der Waals surface area contributed by atoms with Gasteiger partial charge < -0.3 is 5.73 Å². The van der Waals surface area contributed by atoms with Gasteiger partial charge in [0.05, 0.1) is 6.20 Å². The SMILES string of the molecule is Cn1nc(-c2cnccn2)c(F)c1N. The molecule has 14 heavy (non-hydrogen) atoms. The highest BCUT2D eigenvalue weighted by Crippen LogP contribution is 2.21. The van der Waals surface area contributed by atoms with Crippen LogP contribution >= 0.6 is 0 Å². The summed E-state index contributed by atoms with van der Waals surface area (Å²) in [7, 11) is 1.57. The van der Waals surface area contributed by atoms with Gasteiger partial charge in [-0.3, -0.25) is 9.97 Å². The predicted molar refractivity (Wildman–Crippen MR) is 48.6 cm³/mol. The Bertz CT molecular complexity index is 450. The Kier molecular flexibility index (Phi) is 1.88. The summed E-state index contributed by atoms with van der Waals surface area (Å²) >= 11 is 0. The van der Waals surface area contributed by atoms with Crippen molar-refractivity contribution in [3.63, 3.8) is 0 Å². The lowest BCUT2D eigenvalue weighted by Crippen LogP contribution is -1.97. The average molecular weight is 193 g/mol. The summed E-state index contributed by atoms with van der Waals surface area (Å²) in [5.41, 5.74) is 5.91. The largest absolute Gasteiger partial charge is 0.381 e. The molecule has 0 aliphatic carbocycles. The third kappa shape index (κ3) is 1.20. The Morgan fingerprint density at radius 3 is 2.71 bits per heavy atom. The molecule has 2 aromatic rings. The fraction of sp³-hybridized carbons (Fsp3) is 0.125. The zero-order valence-corrected chi connectivity index (χ0v) is 7.48. The molecule has 6 heteroatoms. The molecular weight excluding hydrogens is 185 g/mol. The molecule has 0 atom stereocenters. The van der Waals surface area contributed by atoms with E-state index in [-0.39, 0.29) is 11.5 Å². The third-order valence-electron chi connectivity index (χ3n) is 1.84. The number of nitrogens with zero attached hydrogens (tertiary/aromatic N) is 4. The van der Waals surface area contributed by atoms with Gasteiger partial charge in [0, 0.05) is 19.4 Å². The van der Waals surface area contributed by atoms with Crippen LogP contribution in [0.4, 0.5) is 10.2 Å². The number of hydrogen-bond acceptors (Lipinski definition) is 4. The minimum Gasteiger partial charge on any atom is -0.381 e. The van der Waals surface area contributed by atoms with Crippen molar-refractivity contribution in [2.45, 2.75) is 0 Å². The number of nitrogens with two attached hydrogens (primary N) is 1. The van der Waals surface area contributed by atoms with Crippen LogP contribution in [0.15, 0.2) is 18.6 Å². The fourth-order valence-corrected chi connectivity index (χ4v) is 1.10. The van der Waals surface area contributed by atoms with Gasteiger partial charge in [0.1, 0.15) is 5.69 Å². The molecule has 2 rings (SSSR count). The highest BCUT2D eigenvalue weighted by atomic mass is 19.1. The van der Waals surface area contributed by atoms with Crippen molar-refractivity contribution >= 4 is 5.82 Å². The maximum absolute atomic E-state index is 13.4. The van der Waals surface area contributed by atoms with Gasteiger partial charge in [-0.1, -0.05) is 0 Å². The van der Waals surface area contributed by atoms with Crippen LogP contribution in [-0.2, 0) is 7.05 Å². The monoisotopic (exact) mass is 193 g/mol. The molecule has 0 bridgehead atoms. The molecule has 0 fully saturated rings. The predicted octanol–water partition coefficient (Wildman–Crippen LogP) is 0.598. The second kappa shape index (κ2) is 3.06. The van der Waals surface area contributed by atoms with E-state index >= 15 is 0 Å². The van der Waals surface area contributed by atoms with Crippen LogP contribution in [0.25, 0.3) is 11.4 Å². The molecular formula is C8H8FN5.